The summed E-state index contributed by atoms with van der Waals surface area (Å²) in [4.78, 5) is 29.7. The van der Waals surface area contributed by atoms with Gasteiger partial charge in [0.05, 0.1) is 17.7 Å². The summed E-state index contributed by atoms with van der Waals surface area (Å²) in [6, 6.07) is 30.0. The molecule has 0 bridgehead atoms. The molecule has 2 amide bonds. The fraction of sp³-hybridized carbons (Fsp3) is 0.257. The van der Waals surface area contributed by atoms with Crippen LogP contribution in [0, 0.1) is 0 Å². The number of para-hydroxylation sites is 1. The summed E-state index contributed by atoms with van der Waals surface area (Å²) in [5.74, 6) is -0.351. The number of nitrogens with one attached hydrogen (secondary N) is 1. The van der Waals surface area contributed by atoms with Crippen LogP contribution in [-0.4, -0.2) is 51.4 Å². The third-order valence-electron chi connectivity index (χ3n) is 7.31. The zero-order valence-corrected chi connectivity index (χ0v) is 27.0. The summed E-state index contributed by atoms with van der Waals surface area (Å²) in [5, 5.41) is 3.47. The molecule has 0 heterocycles. The highest BCUT2D eigenvalue weighted by Crippen LogP contribution is 2.26. The molecule has 236 valence electrons. The highest BCUT2D eigenvalue weighted by Gasteiger charge is 2.34. The predicted molar refractivity (Wildman–Crippen MR) is 178 cm³/mol. The lowest BCUT2D eigenvalue weighted by Crippen LogP contribution is -2.53. The van der Waals surface area contributed by atoms with E-state index in [0.717, 1.165) is 22.7 Å². The lowest BCUT2D eigenvalue weighted by molar-refractivity contribution is -0.140. The smallest absolute Gasteiger partial charge is 0.264 e. The van der Waals surface area contributed by atoms with E-state index in [9.17, 15) is 18.0 Å². The molecule has 0 aromatic heterocycles. The van der Waals surface area contributed by atoms with Gasteiger partial charge in [0.1, 0.15) is 18.3 Å². The van der Waals surface area contributed by atoms with Gasteiger partial charge in [-0.1, -0.05) is 85.6 Å². The van der Waals surface area contributed by atoms with Crippen molar-refractivity contribution in [1.29, 1.82) is 0 Å². The minimum absolute atomic E-state index is 0.000474. The van der Waals surface area contributed by atoms with Crippen molar-refractivity contribution >= 4 is 39.1 Å². The first-order chi connectivity index (χ1) is 21.7. The summed E-state index contributed by atoms with van der Waals surface area (Å²) in [6.07, 6.45) is 1.92. The normalized spacial score (nSPS) is 11.8. The van der Waals surface area contributed by atoms with Crippen LogP contribution in [0.3, 0.4) is 0 Å². The van der Waals surface area contributed by atoms with Gasteiger partial charge in [0.25, 0.3) is 10.0 Å². The Bertz CT molecular complexity index is 1650. The first kappa shape index (κ1) is 33.6. The Hall–Kier alpha value is -4.34. The molecule has 0 aliphatic carbocycles. The van der Waals surface area contributed by atoms with Gasteiger partial charge in [-0.25, -0.2) is 8.42 Å². The number of halogens is 1. The molecule has 8 nitrogen and oxygen atoms in total. The standard InChI is InChI=1S/C35H38ClN3O5S/c1-3-4-22-37-35(41)33(24-27-12-7-5-8-13-27)38(25-28-14-11-15-29(36)23-28)34(40)26-39(30-16-9-6-10-17-30)45(42,43)32-20-18-31(44-2)19-21-32/h5-21,23,33H,3-4,22,24-26H2,1-2H3,(H,37,41). The van der Waals surface area contributed by atoms with Gasteiger partial charge in [-0.05, 0) is 66.1 Å². The van der Waals surface area contributed by atoms with E-state index in [0.29, 0.717) is 28.6 Å². The molecule has 1 N–H and O–H groups in total. The van der Waals surface area contributed by atoms with Crippen molar-refractivity contribution in [3.8, 4) is 5.75 Å². The molecule has 4 aromatic rings. The van der Waals surface area contributed by atoms with E-state index in [4.69, 9.17) is 16.3 Å². The lowest BCUT2D eigenvalue weighted by atomic mass is 10.0. The second-order valence-corrected chi connectivity index (χ2v) is 12.8. The van der Waals surface area contributed by atoms with E-state index >= 15 is 0 Å². The van der Waals surface area contributed by atoms with Crippen LogP contribution < -0.4 is 14.4 Å². The maximum Gasteiger partial charge on any atom is 0.264 e. The Balaban J connectivity index is 1.77. The summed E-state index contributed by atoms with van der Waals surface area (Å²) in [5.41, 5.74) is 1.89. The second kappa shape index (κ2) is 16.1. The number of hydrogen-bond acceptors (Lipinski definition) is 5. The van der Waals surface area contributed by atoms with E-state index < -0.39 is 28.5 Å². The molecule has 4 aromatic carbocycles. The average molecular weight is 648 g/mol. The third-order valence-corrected chi connectivity index (χ3v) is 9.34. The van der Waals surface area contributed by atoms with Crippen LogP contribution in [0.1, 0.15) is 30.9 Å². The fourth-order valence-electron chi connectivity index (χ4n) is 4.89. The Morgan fingerprint density at radius 3 is 2.13 bits per heavy atom. The number of anilines is 1. The second-order valence-electron chi connectivity index (χ2n) is 10.5. The van der Waals surface area contributed by atoms with Crippen molar-refractivity contribution in [3.05, 3.63) is 125 Å². The minimum Gasteiger partial charge on any atom is -0.497 e. The van der Waals surface area contributed by atoms with Gasteiger partial charge in [-0.3, -0.25) is 13.9 Å². The summed E-state index contributed by atoms with van der Waals surface area (Å²) < 4.78 is 34.4. The van der Waals surface area contributed by atoms with Gasteiger partial charge >= 0.3 is 0 Å². The van der Waals surface area contributed by atoms with Crippen LogP contribution in [0.25, 0.3) is 0 Å². The number of nitrogens with zero attached hydrogens (tertiary/aromatic N) is 2. The van der Waals surface area contributed by atoms with Crippen LogP contribution in [0.4, 0.5) is 5.69 Å². The quantitative estimate of drug-likeness (QED) is 0.157. The van der Waals surface area contributed by atoms with Crippen molar-refractivity contribution in [3.63, 3.8) is 0 Å². The van der Waals surface area contributed by atoms with Crippen molar-refractivity contribution in [1.82, 2.24) is 10.2 Å². The Kier molecular flexibility index (Phi) is 12.0. The molecule has 0 aliphatic heterocycles. The van der Waals surface area contributed by atoms with Gasteiger partial charge in [-0.2, -0.15) is 0 Å². The van der Waals surface area contributed by atoms with Gasteiger partial charge in [0.15, 0.2) is 0 Å². The van der Waals surface area contributed by atoms with Gasteiger partial charge in [-0.15, -0.1) is 0 Å². The SMILES string of the molecule is CCCCNC(=O)C(Cc1ccccc1)N(Cc1cccc(Cl)c1)C(=O)CN(c1ccccc1)S(=O)(=O)c1ccc(OC)cc1. The zero-order chi connectivity index (χ0) is 32.2. The van der Waals surface area contributed by atoms with E-state index in [2.05, 4.69) is 5.32 Å². The number of rotatable bonds is 15. The number of benzene rings is 4. The average Bonchev–Trinajstić information content (AvgIpc) is 3.06. The van der Waals surface area contributed by atoms with Gasteiger partial charge < -0.3 is 15.0 Å². The summed E-state index contributed by atoms with van der Waals surface area (Å²) >= 11 is 6.30. The maximum atomic E-state index is 14.4. The van der Waals surface area contributed by atoms with Crippen LogP contribution in [0.2, 0.25) is 5.02 Å². The molecule has 1 unspecified atom stereocenters. The Labute approximate surface area is 270 Å². The molecular weight excluding hydrogens is 610 g/mol. The summed E-state index contributed by atoms with van der Waals surface area (Å²) in [6.45, 7) is 2.00. The predicted octanol–water partition coefficient (Wildman–Crippen LogP) is 6.10. The van der Waals surface area contributed by atoms with Crippen LogP contribution >= 0.6 is 11.6 Å². The number of methoxy groups -OCH3 is 1. The maximum absolute atomic E-state index is 14.4. The third kappa shape index (κ3) is 9.09. The fourth-order valence-corrected chi connectivity index (χ4v) is 6.52. The van der Waals surface area contributed by atoms with Crippen molar-refractivity contribution < 1.29 is 22.7 Å². The number of amides is 2. The van der Waals surface area contributed by atoms with E-state index in [-0.39, 0.29) is 23.8 Å². The first-order valence-corrected chi connectivity index (χ1v) is 16.6. The Morgan fingerprint density at radius 1 is 0.867 bits per heavy atom. The molecule has 4 rings (SSSR count). The molecule has 0 aliphatic rings. The monoisotopic (exact) mass is 647 g/mol. The molecule has 1 atom stereocenters. The topological polar surface area (TPSA) is 96.0 Å². The zero-order valence-electron chi connectivity index (χ0n) is 25.4. The number of ether oxygens (including phenoxy) is 1. The molecule has 0 saturated carbocycles. The number of carbonyl (C=O) groups is 2. The highest BCUT2D eigenvalue weighted by atomic mass is 35.5. The van der Waals surface area contributed by atoms with Crippen LogP contribution in [0.15, 0.2) is 114 Å². The van der Waals surface area contributed by atoms with Crippen molar-refractivity contribution in [2.45, 2.75) is 43.7 Å². The molecule has 0 fully saturated rings. The van der Waals surface area contributed by atoms with Gasteiger partial charge in [0, 0.05) is 24.5 Å². The molecule has 0 saturated heterocycles. The number of carbonyl (C=O) groups excluding carboxylic acids is 2. The molecule has 10 heteroatoms. The van der Waals surface area contributed by atoms with Gasteiger partial charge in [0.2, 0.25) is 11.8 Å². The van der Waals surface area contributed by atoms with E-state index in [1.807, 2.05) is 43.3 Å². The molecule has 0 radical (unpaired) electrons. The number of unbranched alkanes of at least 4 members (excludes halogenated alkanes) is 1. The highest BCUT2D eigenvalue weighted by molar-refractivity contribution is 7.92. The number of sulfonamides is 1. The molecule has 45 heavy (non-hydrogen) atoms. The minimum atomic E-state index is -4.20. The number of hydrogen-bond donors (Lipinski definition) is 1. The molecule has 0 spiro atoms. The van der Waals surface area contributed by atoms with Crippen LogP contribution in [-0.2, 0) is 32.6 Å². The lowest BCUT2D eigenvalue weighted by Gasteiger charge is -2.34. The molecular formula is C35H38ClN3O5S. The van der Waals surface area contributed by atoms with E-state index in [1.54, 1.807) is 60.7 Å². The first-order valence-electron chi connectivity index (χ1n) is 14.8. The summed E-state index contributed by atoms with van der Waals surface area (Å²) in [7, 11) is -2.70. The van der Waals surface area contributed by atoms with Crippen LogP contribution in [0.5, 0.6) is 5.75 Å². The largest absolute Gasteiger partial charge is 0.497 e. The Morgan fingerprint density at radius 2 is 1.51 bits per heavy atom. The van der Waals surface area contributed by atoms with Crippen molar-refractivity contribution in [2.24, 2.45) is 0 Å². The van der Waals surface area contributed by atoms with E-state index in [1.165, 1.54) is 24.1 Å². The van der Waals surface area contributed by atoms with Crippen molar-refractivity contribution in [2.75, 3.05) is 24.5 Å².